The third kappa shape index (κ3) is 7.15. The van der Waals surface area contributed by atoms with E-state index in [0.29, 0.717) is 31.9 Å². The van der Waals surface area contributed by atoms with Crippen molar-refractivity contribution in [3.63, 3.8) is 0 Å². The van der Waals surface area contributed by atoms with Crippen LogP contribution in [0.25, 0.3) is 0 Å². The van der Waals surface area contributed by atoms with E-state index in [9.17, 15) is 9.59 Å². The maximum Gasteiger partial charge on any atom is 0.237 e. The molecule has 0 radical (unpaired) electrons. The highest BCUT2D eigenvalue weighted by molar-refractivity contribution is 5.88. The van der Waals surface area contributed by atoms with Gasteiger partial charge in [0.05, 0.1) is 25.3 Å². The molecule has 30 heavy (non-hydrogen) atoms. The fourth-order valence-electron chi connectivity index (χ4n) is 3.55. The van der Waals surface area contributed by atoms with Gasteiger partial charge in [0.25, 0.3) is 0 Å². The number of benzene rings is 1. The number of carbonyl (C=O) groups excluding carboxylic acids is 2. The van der Waals surface area contributed by atoms with E-state index in [1.165, 1.54) is 5.56 Å². The van der Waals surface area contributed by atoms with E-state index < -0.39 is 6.04 Å². The molecule has 0 bridgehead atoms. The summed E-state index contributed by atoms with van der Waals surface area (Å²) in [4.78, 5) is 30.8. The van der Waals surface area contributed by atoms with Crippen LogP contribution < -0.4 is 15.4 Å². The summed E-state index contributed by atoms with van der Waals surface area (Å²) in [7, 11) is 0. The summed E-state index contributed by atoms with van der Waals surface area (Å²) in [5.41, 5.74) is 1.29. The molecule has 1 fully saturated rings. The van der Waals surface area contributed by atoms with Gasteiger partial charge in [0, 0.05) is 25.8 Å². The number of pyridine rings is 1. The Bertz CT molecular complexity index is 786. The maximum absolute atomic E-state index is 12.4. The molecule has 2 aromatic rings. The minimum Gasteiger partial charge on any atom is -0.492 e. The van der Waals surface area contributed by atoms with Crippen LogP contribution in [-0.4, -0.2) is 60.5 Å². The van der Waals surface area contributed by atoms with Crippen LogP contribution in [0.5, 0.6) is 5.75 Å². The van der Waals surface area contributed by atoms with Crippen LogP contribution in [0, 0.1) is 0 Å². The molecule has 1 aromatic heterocycles. The van der Waals surface area contributed by atoms with Crippen LogP contribution >= 0.6 is 0 Å². The van der Waals surface area contributed by atoms with E-state index in [-0.39, 0.29) is 18.2 Å². The lowest BCUT2D eigenvalue weighted by molar-refractivity contribution is -0.133. The van der Waals surface area contributed by atoms with Gasteiger partial charge in [-0.1, -0.05) is 30.3 Å². The highest BCUT2D eigenvalue weighted by atomic mass is 16.5. The second-order valence-corrected chi connectivity index (χ2v) is 7.38. The lowest BCUT2D eigenvalue weighted by Gasteiger charge is -2.34. The quantitative estimate of drug-likeness (QED) is 0.552. The van der Waals surface area contributed by atoms with Crippen molar-refractivity contribution in [3.8, 4) is 5.75 Å². The molecule has 7 heteroatoms. The Morgan fingerprint density at radius 2 is 2.07 bits per heavy atom. The summed E-state index contributed by atoms with van der Waals surface area (Å²) in [6.45, 7) is 3.23. The largest absolute Gasteiger partial charge is 0.492 e. The lowest BCUT2D eigenvalue weighted by Crippen LogP contribution is -2.56. The molecule has 2 N–H and O–H groups in total. The standard InChI is InChI=1S/C23H30N4O3/c28-22(25-12-6-16-30-20-10-4-11-24-18-20)17-21-23(29)26-13-15-27(21)14-5-9-19-7-2-1-3-8-19/h1-4,7-8,10-11,18,21H,5-6,9,12-17H2,(H,25,28)(H,26,29)/t21-/m1/s1. The molecule has 2 amide bonds. The second kappa shape index (κ2) is 11.9. The van der Waals surface area contributed by atoms with E-state index >= 15 is 0 Å². The Kier molecular flexibility index (Phi) is 8.65. The first kappa shape index (κ1) is 21.8. The molecule has 3 rings (SSSR count). The van der Waals surface area contributed by atoms with Crippen molar-refractivity contribution in [3.05, 3.63) is 60.4 Å². The normalized spacial score (nSPS) is 16.7. The van der Waals surface area contributed by atoms with Crippen LogP contribution in [0.3, 0.4) is 0 Å². The first-order chi connectivity index (χ1) is 14.7. The summed E-state index contributed by atoms with van der Waals surface area (Å²) in [6, 6.07) is 13.6. The SMILES string of the molecule is O=C(C[C@@H]1C(=O)NCCN1CCCc1ccccc1)NCCCOc1cccnc1. The van der Waals surface area contributed by atoms with Gasteiger partial charge in [-0.05, 0) is 43.5 Å². The predicted octanol–water partition coefficient (Wildman–Crippen LogP) is 1.79. The van der Waals surface area contributed by atoms with Gasteiger partial charge in [-0.3, -0.25) is 19.5 Å². The minimum absolute atomic E-state index is 0.0592. The summed E-state index contributed by atoms with van der Waals surface area (Å²) in [5, 5.41) is 5.78. The van der Waals surface area contributed by atoms with Crippen LogP contribution in [0.4, 0.5) is 0 Å². The van der Waals surface area contributed by atoms with Crippen molar-refractivity contribution in [1.29, 1.82) is 0 Å². The maximum atomic E-state index is 12.4. The zero-order valence-electron chi connectivity index (χ0n) is 17.3. The number of amides is 2. The summed E-state index contributed by atoms with van der Waals surface area (Å²) >= 11 is 0. The van der Waals surface area contributed by atoms with Gasteiger partial charge in [-0.15, -0.1) is 0 Å². The highest BCUT2D eigenvalue weighted by Crippen LogP contribution is 2.12. The second-order valence-electron chi connectivity index (χ2n) is 7.38. The molecule has 7 nitrogen and oxygen atoms in total. The van der Waals surface area contributed by atoms with Gasteiger partial charge < -0.3 is 15.4 Å². The van der Waals surface area contributed by atoms with Crippen molar-refractivity contribution in [1.82, 2.24) is 20.5 Å². The van der Waals surface area contributed by atoms with Crippen molar-refractivity contribution < 1.29 is 14.3 Å². The van der Waals surface area contributed by atoms with Crippen LogP contribution in [-0.2, 0) is 16.0 Å². The molecule has 0 saturated carbocycles. The molecule has 1 atom stereocenters. The smallest absolute Gasteiger partial charge is 0.237 e. The summed E-state index contributed by atoms with van der Waals surface area (Å²) in [5.74, 6) is 0.552. The van der Waals surface area contributed by atoms with Gasteiger partial charge >= 0.3 is 0 Å². The topological polar surface area (TPSA) is 83.6 Å². The molecule has 0 spiro atoms. The first-order valence-corrected chi connectivity index (χ1v) is 10.6. The zero-order chi connectivity index (χ0) is 21.0. The predicted molar refractivity (Wildman–Crippen MR) is 115 cm³/mol. The number of nitrogens with zero attached hydrogens (tertiary/aromatic N) is 2. The van der Waals surface area contributed by atoms with Gasteiger partial charge in [-0.25, -0.2) is 0 Å². The molecule has 0 aliphatic carbocycles. The number of rotatable bonds is 11. The third-order valence-electron chi connectivity index (χ3n) is 5.12. The molecule has 1 aliphatic rings. The Labute approximate surface area is 177 Å². The number of ether oxygens (including phenoxy) is 1. The molecule has 1 aromatic carbocycles. The highest BCUT2D eigenvalue weighted by Gasteiger charge is 2.31. The number of hydrogen-bond donors (Lipinski definition) is 2. The van der Waals surface area contributed by atoms with Crippen molar-refractivity contribution >= 4 is 11.8 Å². The average molecular weight is 411 g/mol. The van der Waals surface area contributed by atoms with Gasteiger partial charge in [0.1, 0.15) is 5.75 Å². The molecular weight excluding hydrogens is 380 g/mol. The van der Waals surface area contributed by atoms with Crippen molar-refractivity contribution in [2.24, 2.45) is 0 Å². The molecular formula is C23H30N4O3. The Hall–Kier alpha value is -2.93. The fraction of sp³-hybridized carbons (Fsp3) is 0.435. The Morgan fingerprint density at radius 3 is 2.87 bits per heavy atom. The molecule has 160 valence electrons. The third-order valence-corrected chi connectivity index (χ3v) is 5.12. The Morgan fingerprint density at radius 1 is 1.20 bits per heavy atom. The van der Waals surface area contributed by atoms with Crippen LogP contribution in [0.2, 0.25) is 0 Å². The van der Waals surface area contributed by atoms with Crippen LogP contribution in [0.15, 0.2) is 54.9 Å². The van der Waals surface area contributed by atoms with E-state index in [1.54, 1.807) is 12.4 Å². The van der Waals surface area contributed by atoms with Gasteiger partial charge in [0.2, 0.25) is 11.8 Å². The molecule has 1 aliphatic heterocycles. The monoisotopic (exact) mass is 410 g/mol. The lowest BCUT2D eigenvalue weighted by atomic mass is 10.1. The van der Waals surface area contributed by atoms with Gasteiger partial charge in [0.15, 0.2) is 0 Å². The number of hydrogen-bond acceptors (Lipinski definition) is 5. The molecule has 0 unspecified atom stereocenters. The number of aryl methyl sites for hydroxylation is 1. The first-order valence-electron chi connectivity index (χ1n) is 10.6. The molecule has 1 saturated heterocycles. The summed E-state index contributed by atoms with van der Waals surface area (Å²) in [6.07, 6.45) is 6.15. The van der Waals surface area contributed by atoms with Crippen molar-refractivity contribution in [2.75, 3.05) is 32.8 Å². The van der Waals surface area contributed by atoms with Crippen molar-refractivity contribution in [2.45, 2.75) is 31.7 Å². The minimum atomic E-state index is -0.402. The van der Waals surface area contributed by atoms with E-state index in [2.05, 4.69) is 32.7 Å². The molecule has 2 heterocycles. The van der Waals surface area contributed by atoms with Crippen LogP contribution in [0.1, 0.15) is 24.8 Å². The number of aromatic nitrogens is 1. The summed E-state index contributed by atoms with van der Waals surface area (Å²) < 4.78 is 5.57. The van der Waals surface area contributed by atoms with Gasteiger partial charge in [-0.2, -0.15) is 0 Å². The number of carbonyl (C=O) groups is 2. The van der Waals surface area contributed by atoms with E-state index in [0.717, 1.165) is 25.9 Å². The van der Waals surface area contributed by atoms with E-state index in [4.69, 9.17) is 4.74 Å². The fourth-order valence-corrected chi connectivity index (χ4v) is 3.55. The average Bonchev–Trinajstić information content (AvgIpc) is 2.77. The number of piperazine rings is 1. The van der Waals surface area contributed by atoms with E-state index in [1.807, 2.05) is 30.3 Å². The zero-order valence-corrected chi connectivity index (χ0v) is 17.3. The Balaban J connectivity index is 1.37. The number of nitrogens with one attached hydrogen (secondary N) is 2.